The molecule has 0 saturated heterocycles. The van der Waals surface area contributed by atoms with E-state index in [0.717, 1.165) is 11.1 Å². The maximum atomic E-state index is 11.8. The zero-order valence-corrected chi connectivity index (χ0v) is 9.10. The summed E-state index contributed by atoms with van der Waals surface area (Å²) in [7, 11) is 0. The Balaban J connectivity index is 2.37. The van der Waals surface area contributed by atoms with Crippen molar-refractivity contribution in [3.8, 4) is 0 Å². The first-order valence-electron chi connectivity index (χ1n) is 5.36. The molecule has 0 radical (unpaired) electrons. The molecule has 0 fully saturated rings. The summed E-state index contributed by atoms with van der Waals surface area (Å²) in [6.45, 7) is 2.03. The highest BCUT2D eigenvalue weighted by Gasteiger charge is 2.34. The fourth-order valence-corrected chi connectivity index (χ4v) is 1.99. The number of esters is 1. The molecule has 0 aromatic carbocycles. The molecule has 16 heavy (non-hydrogen) atoms. The molecule has 4 nitrogen and oxygen atoms in total. The molecule has 0 amide bonds. The van der Waals surface area contributed by atoms with Crippen LogP contribution in [0, 0.1) is 0 Å². The second-order valence-corrected chi connectivity index (χ2v) is 3.73. The van der Waals surface area contributed by atoms with Crippen molar-refractivity contribution in [1.82, 2.24) is 4.98 Å². The van der Waals surface area contributed by atoms with Gasteiger partial charge in [0.15, 0.2) is 5.78 Å². The Morgan fingerprint density at radius 1 is 1.56 bits per heavy atom. The number of ketones is 1. The van der Waals surface area contributed by atoms with E-state index in [-0.39, 0.29) is 5.78 Å². The van der Waals surface area contributed by atoms with Crippen molar-refractivity contribution in [2.75, 3.05) is 6.61 Å². The second-order valence-electron chi connectivity index (χ2n) is 3.73. The number of hydrogen-bond acceptors (Lipinski definition) is 4. The average Bonchev–Trinajstić information content (AvgIpc) is 2.29. The van der Waals surface area contributed by atoms with E-state index in [0.29, 0.717) is 19.4 Å². The third-order valence-corrected chi connectivity index (χ3v) is 2.74. The standard InChI is InChI=1S/C12H13NO3/c1-2-16-12(15)11-9-5-6-13-7-8(9)3-4-10(11)14/h5-7,11H,2-4H2,1H3. The van der Waals surface area contributed by atoms with Crippen LogP contribution in [0.1, 0.15) is 30.4 Å². The molecular formula is C12H13NO3. The minimum Gasteiger partial charge on any atom is -0.465 e. The topological polar surface area (TPSA) is 56.3 Å². The molecule has 1 aliphatic rings. The summed E-state index contributed by atoms with van der Waals surface area (Å²) in [6.07, 6.45) is 4.37. The van der Waals surface area contributed by atoms with Crippen LogP contribution in [0.4, 0.5) is 0 Å². The van der Waals surface area contributed by atoms with E-state index in [4.69, 9.17) is 4.74 Å². The van der Waals surface area contributed by atoms with Gasteiger partial charge in [0, 0.05) is 18.8 Å². The molecule has 2 rings (SSSR count). The summed E-state index contributed by atoms with van der Waals surface area (Å²) in [6, 6.07) is 1.73. The fraction of sp³-hybridized carbons (Fsp3) is 0.417. The number of ether oxygens (including phenoxy) is 1. The summed E-state index contributed by atoms with van der Waals surface area (Å²) in [4.78, 5) is 27.5. The summed E-state index contributed by atoms with van der Waals surface area (Å²) >= 11 is 0. The summed E-state index contributed by atoms with van der Waals surface area (Å²) in [5, 5.41) is 0. The lowest BCUT2D eigenvalue weighted by Crippen LogP contribution is -2.29. The normalized spacial score (nSPS) is 19.1. The van der Waals surface area contributed by atoms with Gasteiger partial charge in [-0.25, -0.2) is 0 Å². The number of pyridine rings is 1. The monoisotopic (exact) mass is 219 g/mol. The molecule has 0 aliphatic heterocycles. The third-order valence-electron chi connectivity index (χ3n) is 2.74. The van der Waals surface area contributed by atoms with Gasteiger partial charge >= 0.3 is 5.97 Å². The Hall–Kier alpha value is -1.71. The van der Waals surface area contributed by atoms with Crippen molar-refractivity contribution in [3.63, 3.8) is 0 Å². The highest BCUT2D eigenvalue weighted by atomic mass is 16.5. The van der Waals surface area contributed by atoms with Crippen LogP contribution >= 0.6 is 0 Å². The first-order chi connectivity index (χ1) is 7.74. The van der Waals surface area contributed by atoms with E-state index in [1.165, 1.54) is 0 Å². The smallest absolute Gasteiger partial charge is 0.321 e. The van der Waals surface area contributed by atoms with Gasteiger partial charge in [0.25, 0.3) is 0 Å². The lowest BCUT2D eigenvalue weighted by Gasteiger charge is -2.22. The molecule has 1 heterocycles. The lowest BCUT2D eigenvalue weighted by atomic mass is 9.83. The van der Waals surface area contributed by atoms with Crippen LogP contribution in [0.3, 0.4) is 0 Å². The highest BCUT2D eigenvalue weighted by molar-refractivity contribution is 6.05. The zero-order valence-electron chi connectivity index (χ0n) is 9.10. The van der Waals surface area contributed by atoms with Gasteiger partial charge in [-0.3, -0.25) is 14.6 Å². The van der Waals surface area contributed by atoms with E-state index < -0.39 is 11.9 Å². The molecule has 0 saturated carbocycles. The Morgan fingerprint density at radius 3 is 3.12 bits per heavy atom. The molecule has 0 N–H and O–H groups in total. The number of fused-ring (bicyclic) bond motifs is 1. The van der Waals surface area contributed by atoms with Gasteiger partial charge in [-0.2, -0.15) is 0 Å². The number of aryl methyl sites for hydroxylation is 1. The quantitative estimate of drug-likeness (QED) is 0.554. The number of nitrogens with zero attached hydrogens (tertiary/aromatic N) is 1. The predicted octanol–water partition coefficient (Wildman–Crippen LogP) is 1.24. The molecular weight excluding hydrogens is 206 g/mol. The molecule has 1 aromatic rings. The fourth-order valence-electron chi connectivity index (χ4n) is 1.99. The molecule has 84 valence electrons. The predicted molar refractivity (Wildman–Crippen MR) is 56.9 cm³/mol. The van der Waals surface area contributed by atoms with E-state index in [9.17, 15) is 9.59 Å². The zero-order chi connectivity index (χ0) is 11.5. The summed E-state index contributed by atoms with van der Waals surface area (Å²) in [5.41, 5.74) is 1.73. The van der Waals surface area contributed by atoms with Crippen molar-refractivity contribution < 1.29 is 14.3 Å². The van der Waals surface area contributed by atoms with Crippen LogP contribution in [0.15, 0.2) is 18.5 Å². The Morgan fingerprint density at radius 2 is 2.38 bits per heavy atom. The first-order valence-corrected chi connectivity index (χ1v) is 5.36. The van der Waals surface area contributed by atoms with E-state index in [2.05, 4.69) is 4.98 Å². The summed E-state index contributed by atoms with van der Waals surface area (Å²) < 4.78 is 4.93. The van der Waals surface area contributed by atoms with Crippen molar-refractivity contribution in [1.29, 1.82) is 0 Å². The van der Waals surface area contributed by atoms with E-state index in [1.807, 2.05) is 0 Å². The van der Waals surface area contributed by atoms with Crippen molar-refractivity contribution in [2.24, 2.45) is 0 Å². The van der Waals surface area contributed by atoms with Gasteiger partial charge in [0.1, 0.15) is 5.92 Å². The van der Waals surface area contributed by atoms with Crippen molar-refractivity contribution >= 4 is 11.8 Å². The van der Waals surface area contributed by atoms with Gasteiger partial charge in [-0.05, 0) is 30.5 Å². The average molecular weight is 219 g/mol. The Labute approximate surface area is 93.6 Å². The van der Waals surface area contributed by atoms with Crippen LogP contribution in [-0.4, -0.2) is 23.3 Å². The molecule has 1 aliphatic carbocycles. The number of carbonyl (C=O) groups excluding carboxylic acids is 2. The number of carbonyl (C=O) groups is 2. The van der Waals surface area contributed by atoms with Gasteiger partial charge in [0.05, 0.1) is 6.61 Å². The van der Waals surface area contributed by atoms with Gasteiger partial charge in [0.2, 0.25) is 0 Å². The van der Waals surface area contributed by atoms with E-state index >= 15 is 0 Å². The van der Waals surface area contributed by atoms with Gasteiger partial charge < -0.3 is 4.74 Å². The SMILES string of the molecule is CCOC(=O)C1C(=O)CCc2cnccc21. The van der Waals surface area contributed by atoms with Crippen LogP contribution in [0.2, 0.25) is 0 Å². The first kappa shape index (κ1) is 10.8. The Kier molecular flexibility index (Phi) is 2.99. The molecule has 1 unspecified atom stereocenters. The maximum Gasteiger partial charge on any atom is 0.321 e. The number of rotatable bonds is 2. The third kappa shape index (κ3) is 1.83. The highest BCUT2D eigenvalue weighted by Crippen LogP contribution is 2.29. The number of aromatic nitrogens is 1. The van der Waals surface area contributed by atoms with Crippen LogP contribution in [0.25, 0.3) is 0 Å². The van der Waals surface area contributed by atoms with Crippen LogP contribution in [-0.2, 0) is 20.7 Å². The van der Waals surface area contributed by atoms with Crippen LogP contribution < -0.4 is 0 Å². The second kappa shape index (κ2) is 4.43. The summed E-state index contributed by atoms with van der Waals surface area (Å²) in [5.74, 6) is -1.25. The molecule has 0 spiro atoms. The molecule has 1 atom stereocenters. The lowest BCUT2D eigenvalue weighted by molar-refractivity contribution is -0.148. The Bertz CT molecular complexity index is 428. The number of hydrogen-bond donors (Lipinski definition) is 0. The van der Waals surface area contributed by atoms with Gasteiger partial charge in [-0.15, -0.1) is 0 Å². The minimum absolute atomic E-state index is 0.0582. The number of Topliss-reactive ketones (excluding diaryl/α,β-unsaturated/α-hetero) is 1. The maximum absolute atomic E-state index is 11.8. The molecule has 0 bridgehead atoms. The van der Waals surface area contributed by atoms with Gasteiger partial charge in [-0.1, -0.05) is 0 Å². The minimum atomic E-state index is -0.744. The van der Waals surface area contributed by atoms with E-state index in [1.54, 1.807) is 25.4 Å². The van der Waals surface area contributed by atoms with Crippen LogP contribution in [0.5, 0.6) is 0 Å². The van der Waals surface area contributed by atoms with Crippen molar-refractivity contribution in [2.45, 2.75) is 25.7 Å². The molecule has 4 heteroatoms. The largest absolute Gasteiger partial charge is 0.465 e. The molecule has 1 aromatic heterocycles. The van der Waals surface area contributed by atoms with Crippen molar-refractivity contribution in [3.05, 3.63) is 29.6 Å².